The summed E-state index contributed by atoms with van der Waals surface area (Å²) in [4.78, 5) is 8.39. The minimum absolute atomic E-state index is 0.0961. The first kappa shape index (κ1) is 21.9. The van der Waals surface area contributed by atoms with Gasteiger partial charge in [-0.1, -0.05) is 16.8 Å². The highest BCUT2D eigenvalue weighted by atomic mass is 35.5. The van der Waals surface area contributed by atoms with Gasteiger partial charge in [-0.25, -0.2) is 9.67 Å². The number of anilines is 2. The molecule has 160 valence electrons. The molecule has 2 aromatic heterocycles. The zero-order valence-electron chi connectivity index (χ0n) is 17.5. The lowest BCUT2D eigenvalue weighted by molar-refractivity contribution is -0.129. The van der Waals surface area contributed by atoms with Crippen LogP contribution in [0, 0.1) is 6.92 Å². The van der Waals surface area contributed by atoms with Gasteiger partial charge in [0.2, 0.25) is 11.8 Å². The number of hydrogen-bond acceptors (Lipinski definition) is 8. The Kier molecular flexibility index (Phi) is 5.98. The van der Waals surface area contributed by atoms with E-state index in [9.17, 15) is 10.2 Å². The third-order valence-corrected chi connectivity index (χ3v) is 5.12. The second kappa shape index (κ2) is 8.17. The number of hydrogen-bond donors (Lipinski definition) is 3. The third kappa shape index (κ3) is 4.86. The normalized spacial score (nSPS) is 13.7. The van der Waals surface area contributed by atoms with Crippen molar-refractivity contribution in [3.8, 4) is 17.1 Å². The van der Waals surface area contributed by atoms with Crippen molar-refractivity contribution in [2.75, 3.05) is 12.4 Å². The first-order valence-corrected chi connectivity index (χ1v) is 9.67. The van der Waals surface area contributed by atoms with E-state index in [0.29, 0.717) is 16.7 Å². The van der Waals surface area contributed by atoms with E-state index in [1.165, 1.54) is 18.0 Å². The first-order valence-electron chi connectivity index (χ1n) is 9.29. The fraction of sp³-hybridized carbons (Fsp3) is 0.400. The highest BCUT2D eigenvalue weighted by Gasteiger charge is 2.38. The molecule has 10 heteroatoms. The monoisotopic (exact) mass is 432 g/mol. The van der Waals surface area contributed by atoms with Crippen LogP contribution in [0.1, 0.15) is 26.3 Å². The maximum absolute atomic E-state index is 10.5. The summed E-state index contributed by atoms with van der Waals surface area (Å²) in [6.07, 6.45) is 3.19. The molecular weight excluding hydrogens is 408 g/mol. The molecule has 0 bridgehead atoms. The van der Waals surface area contributed by atoms with Crippen LogP contribution in [0.15, 0.2) is 30.6 Å². The molecule has 0 aliphatic rings. The van der Waals surface area contributed by atoms with E-state index in [1.54, 1.807) is 27.0 Å². The SMILES string of the molecule is COc1nc(Nc2cc(C)cc(-c3cn(CC(C)(O)C(C)(C)O)nn3)c2)ncc1Cl. The lowest BCUT2D eigenvalue weighted by atomic mass is 9.88. The summed E-state index contributed by atoms with van der Waals surface area (Å²) in [6, 6.07) is 5.80. The Morgan fingerprint density at radius 1 is 1.20 bits per heavy atom. The molecule has 0 aliphatic heterocycles. The molecule has 0 amide bonds. The number of benzene rings is 1. The second-order valence-corrected chi connectivity index (χ2v) is 8.30. The van der Waals surface area contributed by atoms with Crippen molar-refractivity contribution in [1.29, 1.82) is 0 Å². The summed E-state index contributed by atoms with van der Waals surface area (Å²) in [5.41, 5.74) is 0.540. The zero-order valence-corrected chi connectivity index (χ0v) is 18.3. The van der Waals surface area contributed by atoms with E-state index < -0.39 is 11.2 Å². The Hall–Kier alpha value is -2.75. The summed E-state index contributed by atoms with van der Waals surface area (Å²) in [5.74, 6) is 0.626. The van der Waals surface area contributed by atoms with Crippen LogP contribution >= 0.6 is 11.6 Å². The minimum Gasteiger partial charge on any atom is -0.480 e. The van der Waals surface area contributed by atoms with E-state index in [2.05, 4.69) is 25.6 Å². The van der Waals surface area contributed by atoms with Crippen molar-refractivity contribution in [2.24, 2.45) is 0 Å². The summed E-state index contributed by atoms with van der Waals surface area (Å²) < 4.78 is 6.63. The summed E-state index contributed by atoms with van der Waals surface area (Å²) in [7, 11) is 1.49. The molecule has 0 spiro atoms. The van der Waals surface area contributed by atoms with Gasteiger partial charge >= 0.3 is 0 Å². The number of halogens is 1. The van der Waals surface area contributed by atoms with E-state index in [4.69, 9.17) is 16.3 Å². The molecular formula is C20H25ClN6O3. The van der Waals surface area contributed by atoms with Crippen LogP contribution < -0.4 is 10.1 Å². The molecule has 0 fully saturated rings. The standard InChI is InChI=1S/C20H25ClN6O3/c1-12-6-13(16-10-27(26-25-16)11-20(4,29)19(2,3)28)8-14(7-12)23-18-22-9-15(21)17(24-18)30-5/h6-10,28-29H,11H2,1-5H3,(H,22,23,24). The van der Waals surface area contributed by atoms with E-state index in [0.717, 1.165) is 16.8 Å². The van der Waals surface area contributed by atoms with Crippen molar-refractivity contribution in [3.05, 3.63) is 41.2 Å². The molecule has 3 aromatic rings. The van der Waals surface area contributed by atoms with Crippen molar-refractivity contribution in [2.45, 2.75) is 45.4 Å². The number of aliphatic hydroxyl groups is 2. The van der Waals surface area contributed by atoms with Gasteiger partial charge in [-0.05, 0) is 51.5 Å². The third-order valence-electron chi connectivity index (χ3n) is 4.86. The van der Waals surface area contributed by atoms with Gasteiger partial charge in [0, 0.05) is 11.3 Å². The van der Waals surface area contributed by atoms with Crippen molar-refractivity contribution < 1.29 is 14.9 Å². The van der Waals surface area contributed by atoms with Gasteiger partial charge < -0.3 is 20.3 Å². The zero-order chi connectivity index (χ0) is 22.1. The van der Waals surface area contributed by atoms with Gasteiger partial charge in [-0.3, -0.25) is 0 Å². The highest BCUT2D eigenvalue weighted by Crippen LogP contribution is 2.28. The van der Waals surface area contributed by atoms with E-state index >= 15 is 0 Å². The molecule has 3 rings (SSSR count). The van der Waals surface area contributed by atoms with E-state index in [-0.39, 0.29) is 12.4 Å². The van der Waals surface area contributed by atoms with Crippen LogP contribution in [0.2, 0.25) is 5.02 Å². The fourth-order valence-electron chi connectivity index (χ4n) is 2.70. The molecule has 2 heterocycles. The lowest BCUT2D eigenvalue weighted by Gasteiger charge is -2.35. The molecule has 1 unspecified atom stereocenters. The van der Waals surface area contributed by atoms with Crippen molar-refractivity contribution >= 4 is 23.2 Å². The molecule has 0 aliphatic carbocycles. The number of methoxy groups -OCH3 is 1. The predicted octanol–water partition coefficient (Wildman–Crippen LogP) is 2.97. The van der Waals surface area contributed by atoms with Crippen LogP contribution in [0.25, 0.3) is 11.3 Å². The maximum atomic E-state index is 10.5. The fourth-order valence-corrected chi connectivity index (χ4v) is 2.87. The number of nitrogens with one attached hydrogen (secondary N) is 1. The quantitative estimate of drug-likeness (QED) is 0.521. The second-order valence-electron chi connectivity index (χ2n) is 7.90. The Morgan fingerprint density at radius 3 is 2.60 bits per heavy atom. The van der Waals surface area contributed by atoms with Gasteiger partial charge in [0.1, 0.15) is 16.3 Å². The minimum atomic E-state index is -1.37. The average molecular weight is 433 g/mol. The predicted molar refractivity (Wildman–Crippen MR) is 114 cm³/mol. The summed E-state index contributed by atoms with van der Waals surface area (Å²) >= 11 is 5.98. The molecule has 0 saturated carbocycles. The smallest absolute Gasteiger partial charge is 0.237 e. The van der Waals surface area contributed by atoms with Crippen LogP contribution in [0.3, 0.4) is 0 Å². The molecule has 1 aromatic carbocycles. The van der Waals surface area contributed by atoms with Gasteiger partial charge in [0.15, 0.2) is 0 Å². The molecule has 9 nitrogen and oxygen atoms in total. The molecule has 30 heavy (non-hydrogen) atoms. The first-order chi connectivity index (χ1) is 14.0. The Balaban J connectivity index is 1.85. The van der Waals surface area contributed by atoms with Gasteiger partial charge in [-0.2, -0.15) is 4.98 Å². The van der Waals surface area contributed by atoms with Gasteiger partial charge in [0.05, 0.1) is 31.6 Å². The van der Waals surface area contributed by atoms with Crippen LogP contribution in [0.4, 0.5) is 11.6 Å². The van der Waals surface area contributed by atoms with Crippen LogP contribution in [-0.4, -0.2) is 53.5 Å². The van der Waals surface area contributed by atoms with Crippen molar-refractivity contribution in [1.82, 2.24) is 25.0 Å². The van der Waals surface area contributed by atoms with E-state index in [1.807, 2.05) is 25.1 Å². The summed E-state index contributed by atoms with van der Waals surface area (Å²) in [5, 5.41) is 32.4. The topological polar surface area (TPSA) is 118 Å². The number of nitrogens with zero attached hydrogens (tertiary/aromatic N) is 5. The lowest BCUT2D eigenvalue weighted by Crippen LogP contribution is -2.50. The number of aryl methyl sites for hydroxylation is 1. The average Bonchev–Trinajstić information content (AvgIpc) is 3.10. The molecule has 0 saturated heterocycles. The number of rotatable bonds is 7. The van der Waals surface area contributed by atoms with Crippen LogP contribution in [0.5, 0.6) is 5.88 Å². The molecule has 0 radical (unpaired) electrons. The Labute approximate surface area is 179 Å². The van der Waals surface area contributed by atoms with Crippen LogP contribution in [-0.2, 0) is 6.54 Å². The van der Waals surface area contributed by atoms with Gasteiger partial charge in [0.25, 0.3) is 0 Å². The number of ether oxygens (including phenoxy) is 1. The van der Waals surface area contributed by atoms with Crippen molar-refractivity contribution in [3.63, 3.8) is 0 Å². The Morgan fingerprint density at radius 2 is 1.93 bits per heavy atom. The van der Waals surface area contributed by atoms with Gasteiger partial charge in [-0.15, -0.1) is 5.10 Å². The highest BCUT2D eigenvalue weighted by molar-refractivity contribution is 6.31. The Bertz CT molecular complexity index is 1050. The summed E-state index contributed by atoms with van der Waals surface area (Å²) in [6.45, 7) is 6.72. The number of aromatic nitrogens is 5. The maximum Gasteiger partial charge on any atom is 0.237 e. The largest absolute Gasteiger partial charge is 0.480 e. The molecule has 1 atom stereocenters. The molecule has 3 N–H and O–H groups in total.